The number of para-hydroxylation sites is 1. The van der Waals surface area contributed by atoms with Crippen molar-refractivity contribution < 1.29 is 13.7 Å². The van der Waals surface area contributed by atoms with Crippen molar-refractivity contribution in [2.24, 2.45) is 0 Å². The van der Waals surface area contributed by atoms with E-state index in [1.807, 2.05) is 49.1 Å². The Morgan fingerprint density at radius 2 is 2.12 bits per heavy atom. The summed E-state index contributed by atoms with van der Waals surface area (Å²) in [5, 5.41) is 7.59. The van der Waals surface area contributed by atoms with Crippen molar-refractivity contribution in [3.63, 3.8) is 0 Å². The number of aromatic nitrogens is 1. The lowest BCUT2D eigenvalue weighted by molar-refractivity contribution is -0.117. The van der Waals surface area contributed by atoms with Crippen molar-refractivity contribution in [2.45, 2.75) is 26.8 Å². The van der Waals surface area contributed by atoms with Crippen LogP contribution in [0.3, 0.4) is 0 Å². The minimum Gasteiger partial charge on any atom is -0.459 e. The summed E-state index contributed by atoms with van der Waals surface area (Å²) in [5.41, 5.74) is 0.859. The average molecular weight is 327 g/mol. The molecule has 0 spiro atoms. The number of fused-ring (bicyclic) bond motifs is 1. The number of furan rings is 1. The second-order valence-corrected chi connectivity index (χ2v) is 5.80. The number of carbonyl (C=O) groups excluding carboxylic acids is 1. The van der Waals surface area contributed by atoms with Gasteiger partial charge in [-0.25, -0.2) is 0 Å². The van der Waals surface area contributed by atoms with E-state index in [9.17, 15) is 4.79 Å². The van der Waals surface area contributed by atoms with Gasteiger partial charge in [-0.15, -0.1) is 0 Å². The monoisotopic (exact) mass is 327 g/mol. The molecular weight excluding hydrogens is 306 g/mol. The maximum atomic E-state index is 12.2. The first-order chi connectivity index (χ1) is 11.6. The van der Waals surface area contributed by atoms with Crippen molar-refractivity contribution >= 4 is 22.7 Å². The minimum atomic E-state index is -0.131. The molecule has 3 aromatic rings. The number of hydrogen-bond donors (Lipinski definition) is 1. The Morgan fingerprint density at radius 3 is 2.79 bits per heavy atom. The lowest BCUT2D eigenvalue weighted by atomic mass is 10.2. The number of hydrogen-bond acceptors (Lipinski definition) is 5. The minimum absolute atomic E-state index is 0.00723. The molecule has 0 aliphatic heterocycles. The van der Waals surface area contributed by atoms with E-state index >= 15 is 0 Å². The quantitative estimate of drug-likeness (QED) is 0.746. The lowest BCUT2D eigenvalue weighted by Gasteiger charge is -2.25. The van der Waals surface area contributed by atoms with Crippen LogP contribution in [0, 0.1) is 6.92 Å². The first-order valence-corrected chi connectivity index (χ1v) is 8.02. The summed E-state index contributed by atoms with van der Waals surface area (Å²) in [6.07, 6.45) is 0. The van der Waals surface area contributed by atoms with Crippen LogP contribution in [0.15, 0.2) is 45.3 Å². The molecule has 6 nitrogen and oxygen atoms in total. The Bertz CT molecular complexity index is 804. The van der Waals surface area contributed by atoms with Crippen LogP contribution in [0.5, 0.6) is 0 Å². The van der Waals surface area contributed by atoms with Crippen molar-refractivity contribution in [2.75, 3.05) is 18.4 Å². The maximum absolute atomic E-state index is 12.2. The maximum Gasteiger partial charge on any atom is 0.239 e. The summed E-state index contributed by atoms with van der Waals surface area (Å²) >= 11 is 0. The molecule has 24 heavy (non-hydrogen) atoms. The third-order valence-corrected chi connectivity index (χ3v) is 4.05. The number of nitrogens with one attached hydrogen (secondary N) is 1. The van der Waals surface area contributed by atoms with Gasteiger partial charge >= 0.3 is 0 Å². The molecule has 0 saturated carbocycles. The van der Waals surface area contributed by atoms with Gasteiger partial charge in [0.2, 0.25) is 5.91 Å². The number of likely N-dealkylation sites (N-methyl/N-ethyl adjacent to an activating group) is 1. The van der Waals surface area contributed by atoms with Gasteiger partial charge in [0, 0.05) is 11.5 Å². The van der Waals surface area contributed by atoms with Crippen molar-refractivity contribution in [1.29, 1.82) is 0 Å². The van der Waals surface area contributed by atoms with Gasteiger partial charge in [0.25, 0.3) is 0 Å². The van der Waals surface area contributed by atoms with E-state index in [4.69, 9.17) is 8.94 Å². The number of carbonyl (C=O) groups is 1. The van der Waals surface area contributed by atoms with Crippen LogP contribution in [-0.4, -0.2) is 29.1 Å². The number of anilines is 1. The topological polar surface area (TPSA) is 71.5 Å². The van der Waals surface area contributed by atoms with Crippen molar-refractivity contribution in [3.8, 4) is 0 Å². The van der Waals surface area contributed by atoms with Gasteiger partial charge in [0.15, 0.2) is 5.82 Å². The molecular formula is C18H21N3O3. The third-order valence-electron chi connectivity index (χ3n) is 4.05. The highest BCUT2D eigenvalue weighted by Gasteiger charge is 2.21. The molecule has 2 heterocycles. The Kier molecular flexibility index (Phi) is 4.66. The van der Waals surface area contributed by atoms with Gasteiger partial charge in [-0.1, -0.05) is 30.3 Å². The zero-order valence-electron chi connectivity index (χ0n) is 14.1. The predicted octanol–water partition coefficient (Wildman–Crippen LogP) is 3.75. The van der Waals surface area contributed by atoms with E-state index in [2.05, 4.69) is 10.5 Å². The van der Waals surface area contributed by atoms with Crippen LogP contribution in [0.25, 0.3) is 11.0 Å². The van der Waals surface area contributed by atoms with Crippen LogP contribution in [0.2, 0.25) is 0 Å². The number of benzene rings is 1. The summed E-state index contributed by atoms with van der Waals surface area (Å²) in [7, 11) is 0. The molecule has 126 valence electrons. The highest BCUT2D eigenvalue weighted by atomic mass is 16.5. The Hall–Kier alpha value is -2.60. The van der Waals surface area contributed by atoms with Gasteiger partial charge in [-0.05, 0) is 32.5 Å². The Labute approximate surface area is 140 Å². The molecule has 1 aromatic carbocycles. The molecule has 1 N–H and O–H groups in total. The summed E-state index contributed by atoms with van der Waals surface area (Å²) in [4.78, 5) is 14.3. The molecule has 0 fully saturated rings. The van der Waals surface area contributed by atoms with E-state index in [1.165, 1.54) is 0 Å². The second kappa shape index (κ2) is 6.88. The molecule has 0 aliphatic carbocycles. The molecule has 6 heteroatoms. The number of aryl methyl sites for hydroxylation is 1. The normalized spacial score (nSPS) is 12.7. The molecule has 0 unspecified atom stereocenters. The molecule has 0 radical (unpaired) electrons. The molecule has 0 aliphatic rings. The highest BCUT2D eigenvalue weighted by Crippen LogP contribution is 2.27. The van der Waals surface area contributed by atoms with Crippen molar-refractivity contribution in [3.05, 3.63) is 47.9 Å². The molecule has 3 rings (SSSR count). The summed E-state index contributed by atoms with van der Waals surface area (Å²) in [5.74, 6) is 1.81. The van der Waals surface area contributed by atoms with E-state index in [0.29, 0.717) is 11.6 Å². The first kappa shape index (κ1) is 16.3. The number of rotatable bonds is 6. The highest BCUT2D eigenvalue weighted by molar-refractivity contribution is 5.91. The van der Waals surface area contributed by atoms with Gasteiger partial charge in [-0.2, -0.15) is 0 Å². The fourth-order valence-corrected chi connectivity index (χ4v) is 2.70. The third kappa shape index (κ3) is 3.49. The van der Waals surface area contributed by atoms with E-state index < -0.39 is 0 Å². The number of amides is 1. The van der Waals surface area contributed by atoms with Crippen molar-refractivity contribution in [1.82, 2.24) is 10.1 Å². The SMILES string of the molecule is CCN(CC(=O)Nc1cc(C)on1)[C@@H](C)c1cc2ccccc2o1. The van der Waals surface area contributed by atoms with E-state index in [-0.39, 0.29) is 18.5 Å². The second-order valence-electron chi connectivity index (χ2n) is 5.80. The summed E-state index contributed by atoms with van der Waals surface area (Å²) in [6, 6.07) is 11.6. The fourth-order valence-electron chi connectivity index (χ4n) is 2.70. The molecule has 0 bridgehead atoms. The molecule has 0 saturated heterocycles. The van der Waals surface area contributed by atoms with Gasteiger partial charge in [0.05, 0.1) is 12.6 Å². The average Bonchev–Trinajstić information content (AvgIpc) is 3.17. The van der Waals surface area contributed by atoms with Crippen LogP contribution in [0.4, 0.5) is 5.82 Å². The predicted molar refractivity (Wildman–Crippen MR) is 91.7 cm³/mol. The van der Waals surface area contributed by atoms with Crippen LogP contribution < -0.4 is 5.32 Å². The van der Waals surface area contributed by atoms with Gasteiger partial charge in [-0.3, -0.25) is 9.69 Å². The van der Waals surface area contributed by atoms with Crippen LogP contribution in [-0.2, 0) is 4.79 Å². The lowest BCUT2D eigenvalue weighted by Crippen LogP contribution is -2.35. The van der Waals surface area contributed by atoms with Crippen LogP contribution >= 0.6 is 0 Å². The van der Waals surface area contributed by atoms with E-state index in [1.54, 1.807) is 13.0 Å². The Balaban J connectivity index is 1.69. The molecule has 1 amide bonds. The zero-order valence-corrected chi connectivity index (χ0v) is 14.1. The van der Waals surface area contributed by atoms with Gasteiger partial charge < -0.3 is 14.3 Å². The summed E-state index contributed by atoms with van der Waals surface area (Å²) in [6.45, 7) is 6.82. The first-order valence-electron chi connectivity index (χ1n) is 8.02. The molecule has 1 atom stereocenters. The van der Waals surface area contributed by atoms with Gasteiger partial charge in [0.1, 0.15) is 17.1 Å². The Morgan fingerprint density at radius 1 is 1.33 bits per heavy atom. The van der Waals surface area contributed by atoms with E-state index in [0.717, 1.165) is 23.3 Å². The number of nitrogens with zero attached hydrogens (tertiary/aromatic N) is 2. The van der Waals surface area contributed by atoms with Crippen LogP contribution in [0.1, 0.15) is 31.4 Å². The largest absolute Gasteiger partial charge is 0.459 e. The zero-order chi connectivity index (χ0) is 17.1. The smallest absolute Gasteiger partial charge is 0.239 e. The molecule has 2 aromatic heterocycles. The fraction of sp³-hybridized carbons (Fsp3) is 0.333. The summed E-state index contributed by atoms with van der Waals surface area (Å²) < 4.78 is 10.9. The standard InChI is InChI=1S/C18H21N3O3/c1-4-21(11-18(22)19-17-9-12(2)24-20-17)13(3)16-10-14-7-5-6-8-15(14)23-16/h5-10,13H,4,11H2,1-3H3,(H,19,20,22)/t13-/m0/s1.